The van der Waals surface area contributed by atoms with Gasteiger partial charge in [0.25, 0.3) is 5.91 Å². The van der Waals surface area contributed by atoms with E-state index in [9.17, 15) is 23.2 Å². The zero-order valence-corrected chi connectivity index (χ0v) is 13.6. The number of ketones is 1. The number of rotatable bonds is 6. The minimum atomic E-state index is -2.97. The molecule has 136 valence electrons. The molecule has 1 aliphatic heterocycles. The summed E-state index contributed by atoms with van der Waals surface area (Å²) < 4.78 is 33.7. The second-order valence-corrected chi connectivity index (χ2v) is 5.75. The molecule has 1 unspecified atom stereocenters. The summed E-state index contributed by atoms with van der Waals surface area (Å²) in [6.45, 7) is -1.98. The fourth-order valence-corrected chi connectivity index (χ4v) is 2.63. The van der Waals surface area contributed by atoms with E-state index in [-0.39, 0.29) is 17.1 Å². The molecule has 3 amide bonds. The molecular weight excluding hydrogens is 350 g/mol. The van der Waals surface area contributed by atoms with Gasteiger partial charge < -0.3 is 14.5 Å². The van der Waals surface area contributed by atoms with E-state index >= 15 is 0 Å². The lowest BCUT2D eigenvalue weighted by Gasteiger charge is -2.18. The number of hydrogen-bond donors (Lipinski definition) is 1. The van der Waals surface area contributed by atoms with E-state index in [0.29, 0.717) is 0 Å². The molecule has 1 aromatic carbocycles. The monoisotopic (exact) mass is 364 g/mol. The molecule has 0 saturated carbocycles. The fraction of sp³-hybridized carbons (Fsp3) is 0.235. The van der Waals surface area contributed by atoms with Gasteiger partial charge in [-0.25, -0.2) is 4.79 Å². The van der Waals surface area contributed by atoms with Crippen molar-refractivity contribution in [1.29, 1.82) is 0 Å². The van der Waals surface area contributed by atoms with Gasteiger partial charge in [-0.3, -0.25) is 14.5 Å². The van der Waals surface area contributed by atoms with Crippen LogP contribution in [0.3, 0.4) is 0 Å². The highest BCUT2D eigenvalue weighted by molar-refractivity contribution is 6.11. The normalized spacial score (nSPS) is 19.8. The SMILES string of the molecule is CC1(c2ccco2)NC(=O)N(CC(=O)c2ccc(OC(F)F)cc2)C1=O. The molecule has 0 radical (unpaired) electrons. The van der Waals surface area contributed by atoms with Crippen LogP contribution >= 0.6 is 0 Å². The third-order valence-corrected chi connectivity index (χ3v) is 3.99. The number of imide groups is 1. The van der Waals surface area contributed by atoms with Crippen LogP contribution in [0.5, 0.6) is 5.75 Å². The summed E-state index contributed by atoms with van der Waals surface area (Å²) in [6, 6.07) is 7.38. The van der Waals surface area contributed by atoms with E-state index in [0.717, 1.165) is 4.90 Å². The number of nitrogens with one attached hydrogen (secondary N) is 1. The van der Waals surface area contributed by atoms with Crippen molar-refractivity contribution in [3.05, 3.63) is 54.0 Å². The number of alkyl halides is 2. The maximum absolute atomic E-state index is 12.6. The van der Waals surface area contributed by atoms with Crippen LogP contribution in [0.15, 0.2) is 47.1 Å². The molecule has 1 N–H and O–H groups in total. The highest BCUT2D eigenvalue weighted by Crippen LogP contribution is 2.29. The summed E-state index contributed by atoms with van der Waals surface area (Å²) in [6.07, 6.45) is 1.37. The van der Waals surface area contributed by atoms with Crippen LogP contribution in [0, 0.1) is 0 Å². The number of furan rings is 1. The molecule has 1 aliphatic rings. The minimum Gasteiger partial charge on any atom is -0.466 e. The Labute approximate surface area is 146 Å². The second-order valence-electron chi connectivity index (χ2n) is 5.75. The predicted molar refractivity (Wildman–Crippen MR) is 83.7 cm³/mol. The molecule has 0 spiro atoms. The second kappa shape index (κ2) is 6.58. The van der Waals surface area contributed by atoms with Gasteiger partial charge >= 0.3 is 12.6 Å². The number of Topliss-reactive ketones (excluding diaryl/α,β-unsaturated/α-hetero) is 1. The Morgan fingerprint density at radius 2 is 1.96 bits per heavy atom. The van der Waals surface area contributed by atoms with Gasteiger partial charge in [0.15, 0.2) is 11.3 Å². The topological polar surface area (TPSA) is 88.8 Å². The van der Waals surface area contributed by atoms with Gasteiger partial charge in [0.1, 0.15) is 11.5 Å². The lowest BCUT2D eigenvalue weighted by atomic mass is 9.99. The van der Waals surface area contributed by atoms with Gasteiger partial charge in [0.2, 0.25) is 0 Å². The molecule has 1 fully saturated rings. The average Bonchev–Trinajstić information content (AvgIpc) is 3.19. The molecule has 7 nitrogen and oxygen atoms in total. The maximum atomic E-state index is 12.6. The first kappa shape index (κ1) is 17.6. The van der Waals surface area contributed by atoms with Crippen LogP contribution in [0.1, 0.15) is 23.0 Å². The van der Waals surface area contributed by atoms with Crippen molar-refractivity contribution >= 4 is 17.7 Å². The summed E-state index contributed by atoms with van der Waals surface area (Å²) >= 11 is 0. The molecule has 0 bridgehead atoms. The van der Waals surface area contributed by atoms with Gasteiger partial charge in [-0.1, -0.05) is 0 Å². The Balaban J connectivity index is 1.73. The molecule has 2 aromatic rings. The first-order chi connectivity index (χ1) is 12.3. The number of nitrogens with zero attached hydrogens (tertiary/aromatic N) is 1. The van der Waals surface area contributed by atoms with E-state index in [1.165, 1.54) is 37.5 Å². The zero-order chi connectivity index (χ0) is 18.9. The standard InChI is InChI=1S/C17H14F2N2O5/c1-17(13-3-2-8-25-13)14(23)21(16(24)20-17)9-12(22)10-4-6-11(7-5-10)26-15(18)19/h2-8,15H,9H2,1H3,(H,20,24). The number of hydrogen-bond acceptors (Lipinski definition) is 5. The van der Waals surface area contributed by atoms with E-state index in [1.807, 2.05) is 0 Å². The zero-order valence-electron chi connectivity index (χ0n) is 13.6. The minimum absolute atomic E-state index is 0.100. The Morgan fingerprint density at radius 1 is 1.27 bits per heavy atom. The van der Waals surface area contributed by atoms with Crippen molar-refractivity contribution in [1.82, 2.24) is 10.2 Å². The summed E-state index contributed by atoms with van der Waals surface area (Å²) in [7, 11) is 0. The smallest absolute Gasteiger partial charge is 0.387 e. The van der Waals surface area contributed by atoms with Gasteiger partial charge in [-0.15, -0.1) is 0 Å². The van der Waals surface area contributed by atoms with Crippen LogP contribution in [-0.4, -0.2) is 35.8 Å². The number of benzene rings is 1. The molecule has 26 heavy (non-hydrogen) atoms. The van der Waals surface area contributed by atoms with Crippen molar-refractivity contribution in [2.75, 3.05) is 6.54 Å². The van der Waals surface area contributed by atoms with Crippen LogP contribution in [-0.2, 0) is 10.3 Å². The lowest BCUT2D eigenvalue weighted by Crippen LogP contribution is -2.41. The van der Waals surface area contributed by atoms with Gasteiger partial charge in [-0.05, 0) is 43.3 Å². The quantitative estimate of drug-likeness (QED) is 0.629. The summed E-state index contributed by atoms with van der Waals surface area (Å²) in [5.74, 6) is -1.000. The van der Waals surface area contributed by atoms with E-state index in [2.05, 4.69) is 10.1 Å². The molecular formula is C17H14F2N2O5. The third-order valence-electron chi connectivity index (χ3n) is 3.99. The predicted octanol–water partition coefficient (Wildman–Crippen LogP) is 2.53. The van der Waals surface area contributed by atoms with E-state index < -0.39 is 36.4 Å². The van der Waals surface area contributed by atoms with Crippen LogP contribution in [0.2, 0.25) is 0 Å². The number of ether oxygens (including phenoxy) is 1. The van der Waals surface area contributed by atoms with Gasteiger partial charge in [-0.2, -0.15) is 8.78 Å². The Bertz CT molecular complexity index is 835. The van der Waals surface area contributed by atoms with Crippen molar-refractivity contribution < 1.29 is 32.3 Å². The van der Waals surface area contributed by atoms with E-state index in [1.54, 1.807) is 12.1 Å². The molecule has 1 saturated heterocycles. The number of urea groups is 1. The lowest BCUT2D eigenvalue weighted by molar-refractivity contribution is -0.131. The van der Waals surface area contributed by atoms with Crippen LogP contribution < -0.4 is 10.1 Å². The van der Waals surface area contributed by atoms with Crippen LogP contribution in [0.25, 0.3) is 0 Å². The van der Waals surface area contributed by atoms with Gasteiger partial charge in [0.05, 0.1) is 12.8 Å². The van der Waals surface area contributed by atoms with Crippen molar-refractivity contribution in [2.24, 2.45) is 0 Å². The number of halogens is 2. The first-order valence-corrected chi connectivity index (χ1v) is 7.57. The van der Waals surface area contributed by atoms with Crippen molar-refractivity contribution in [2.45, 2.75) is 19.1 Å². The third kappa shape index (κ3) is 3.15. The number of carbonyl (C=O) groups is 3. The molecule has 9 heteroatoms. The molecule has 2 heterocycles. The van der Waals surface area contributed by atoms with Crippen molar-refractivity contribution in [3.8, 4) is 5.75 Å². The molecule has 1 atom stereocenters. The molecule has 1 aromatic heterocycles. The fourth-order valence-electron chi connectivity index (χ4n) is 2.63. The van der Waals surface area contributed by atoms with Crippen molar-refractivity contribution in [3.63, 3.8) is 0 Å². The highest BCUT2D eigenvalue weighted by Gasteiger charge is 2.51. The Kier molecular flexibility index (Phi) is 4.45. The molecule has 0 aliphatic carbocycles. The highest BCUT2D eigenvalue weighted by atomic mass is 19.3. The Morgan fingerprint density at radius 3 is 2.54 bits per heavy atom. The van der Waals surface area contributed by atoms with Gasteiger partial charge in [0, 0.05) is 5.56 Å². The number of amides is 3. The van der Waals surface area contributed by atoms with Crippen LogP contribution in [0.4, 0.5) is 13.6 Å². The first-order valence-electron chi connectivity index (χ1n) is 7.57. The molecule has 3 rings (SSSR count). The summed E-state index contributed by atoms with van der Waals surface area (Å²) in [5.41, 5.74) is -1.24. The maximum Gasteiger partial charge on any atom is 0.387 e. The average molecular weight is 364 g/mol. The summed E-state index contributed by atoms with van der Waals surface area (Å²) in [5, 5.41) is 2.51. The van der Waals surface area contributed by atoms with E-state index in [4.69, 9.17) is 4.42 Å². The summed E-state index contributed by atoms with van der Waals surface area (Å²) in [4.78, 5) is 37.9. The number of carbonyl (C=O) groups excluding carboxylic acids is 3. The largest absolute Gasteiger partial charge is 0.466 e. The Hall–Kier alpha value is -3.23.